The van der Waals surface area contributed by atoms with Gasteiger partial charge in [-0.1, -0.05) is 11.6 Å². The largest absolute Gasteiger partial charge is 0.465 e. The summed E-state index contributed by atoms with van der Waals surface area (Å²) in [6.45, 7) is 1.78. The number of esters is 1. The number of carbonyl (C=O) groups excluding carboxylic acids is 2. The van der Waals surface area contributed by atoms with E-state index in [1.807, 2.05) is 0 Å². The Kier molecular flexibility index (Phi) is 4.25. The number of hydrogen-bond acceptors (Lipinski definition) is 4. The van der Waals surface area contributed by atoms with Crippen LogP contribution in [0, 0.1) is 5.92 Å². The minimum Gasteiger partial charge on any atom is -0.465 e. The first kappa shape index (κ1) is 15.2. The molecule has 2 aliphatic rings. The first-order chi connectivity index (χ1) is 10.6. The minimum atomic E-state index is -0.413. The summed E-state index contributed by atoms with van der Waals surface area (Å²) in [7, 11) is 1.35. The maximum Gasteiger partial charge on any atom is 0.340 e. The Hall–Kier alpha value is -1.75. The Balaban J connectivity index is 1.95. The van der Waals surface area contributed by atoms with Crippen molar-refractivity contribution in [1.82, 2.24) is 0 Å². The average Bonchev–Trinajstić information content (AvgIpc) is 3.23. The van der Waals surface area contributed by atoms with Crippen molar-refractivity contribution in [2.75, 3.05) is 30.4 Å². The van der Waals surface area contributed by atoms with Crippen LogP contribution in [0.4, 0.5) is 11.4 Å². The molecule has 0 atom stereocenters. The number of nitrogens with zero attached hydrogens (tertiary/aromatic N) is 1. The maximum absolute atomic E-state index is 12.0. The van der Waals surface area contributed by atoms with Gasteiger partial charge in [-0.25, -0.2) is 4.79 Å². The van der Waals surface area contributed by atoms with E-state index in [-0.39, 0.29) is 11.8 Å². The average molecular weight is 323 g/mol. The zero-order chi connectivity index (χ0) is 15.7. The van der Waals surface area contributed by atoms with Crippen molar-refractivity contribution >= 4 is 34.9 Å². The van der Waals surface area contributed by atoms with E-state index >= 15 is 0 Å². The van der Waals surface area contributed by atoms with Crippen LogP contribution in [0.5, 0.6) is 0 Å². The molecule has 0 unspecified atom stereocenters. The number of rotatable bonds is 4. The molecule has 0 radical (unpaired) electrons. The molecule has 0 bridgehead atoms. The number of carbonyl (C=O) groups is 2. The number of benzene rings is 1. The van der Waals surface area contributed by atoms with Gasteiger partial charge in [-0.2, -0.15) is 0 Å². The zero-order valence-corrected chi connectivity index (χ0v) is 13.3. The summed E-state index contributed by atoms with van der Waals surface area (Å²) in [4.78, 5) is 26.1. The van der Waals surface area contributed by atoms with Gasteiger partial charge >= 0.3 is 5.97 Å². The molecular weight excluding hydrogens is 304 g/mol. The molecule has 6 heteroatoms. The number of amides is 1. The van der Waals surface area contributed by atoms with Crippen LogP contribution in [0.25, 0.3) is 0 Å². The van der Waals surface area contributed by atoms with Gasteiger partial charge in [0, 0.05) is 19.0 Å². The number of halogens is 1. The summed E-state index contributed by atoms with van der Waals surface area (Å²) >= 11 is 6.24. The van der Waals surface area contributed by atoms with Crippen molar-refractivity contribution in [2.45, 2.75) is 25.7 Å². The van der Waals surface area contributed by atoms with E-state index in [0.717, 1.165) is 44.5 Å². The molecule has 1 aromatic carbocycles. The number of methoxy groups -OCH3 is 1. The lowest BCUT2D eigenvalue weighted by Gasteiger charge is -2.22. The smallest absolute Gasteiger partial charge is 0.340 e. The number of ether oxygens (including phenoxy) is 1. The normalized spacial score (nSPS) is 17.5. The van der Waals surface area contributed by atoms with Gasteiger partial charge in [0.2, 0.25) is 5.91 Å². The molecule has 1 aromatic rings. The highest BCUT2D eigenvalue weighted by atomic mass is 35.5. The van der Waals surface area contributed by atoms with E-state index in [1.165, 1.54) is 7.11 Å². The molecule has 0 aromatic heterocycles. The van der Waals surface area contributed by atoms with Crippen LogP contribution in [0.15, 0.2) is 12.1 Å². The first-order valence-electron chi connectivity index (χ1n) is 7.58. The summed E-state index contributed by atoms with van der Waals surface area (Å²) in [6, 6.07) is 3.38. The van der Waals surface area contributed by atoms with Gasteiger partial charge in [0.25, 0.3) is 0 Å². The lowest BCUT2D eigenvalue weighted by molar-refractivity contribution is -0.117. The van der Waals surface area contributed by atoms with Crippen LogP contribution < -0.4 is 10.2 Å². The third kappa shape index (κ3) is 3.04. The second kappa shape index (κ2) is 6.16. The fourth-order valence-corrected chi connectivity index (χ4v) is 2.94. The van der Waals surface area contributed by atoms with Gasteiger partial charge < -0.3 is 15.0 Å². The molecular formula is C16H19ClN2O3. The molecule has 1 N–H and O–H groups in total. The predicted molar refractivity (Wildman–Crippen MR) is 85.6 cm³/mol. The van der Waals surface area contributed by atoms with Crippen LogP contribution in [0.1, 0.15) is 36.0 Å². The molecule has 1 amide bonds. The van der Waals surface area contributed by atoms with E-state index in [4.69, 9.17) is 16.3 Å². The van der Waals surface area contributed by atoms with E-state index in [1.54, 1.807) is 12.1 Å². The quantitative estimate of drug-likeness (QED) is 0.865. The summed E-state index contributed by atoms with van der Waals surface area (Å²) in [5, 5.41) is 3.23. The van der Waals surface area contributed by atoms with E-state index in [0.29, 0.717) is 16.3 Å². The molecule has 5 nitrogen and oxygen atoms in total. The second-order valence-electron chi connectivity index (χ2n) is 5.80. The van der Waals surface area contributed by atoms with Crippen molar-refractivity contribution in [3.05, 3.63) is 22.7 Å². The van der Waals surface area contributed by atoms with Crippen molar-refractivity contribution in [3.63, 3.8) is 0 Å². The van der Waals surface area contributed by atoms with Gasteiger partial charge in [-0.05, 0) is 37.8 Å². The Morgan fingerprint density at radius 2 is 1.95 bits per heavy atom. The standard InChI is InChI=1S/C16H19ClN2O3/c1-22-16(21)11-8-12(17)13(18-15(20)10-4-5-10)9-14(11)19-6-2-3-7-19/h8-10H,2-7H2,1H3,(H,18,20). The van der Waals surface area contributed by atoms with E-state index < -0.39 is 5.97 Å². The van der Waals surface area contributed by atoms with Crippen molar-refractivity contribution in [2.24, 2.45) is 5.92 Å². The van der Waals surface area contributed by atoms with Gasteiger partial charge in [-0.15, -0.1) is 0 Å². The molecule has 3 rings (SSSR count). The van der Waals surface area contributed by atoms with E-state index in [9.17, 15) is 9.59 Å². The van der Waals surface area contributed by atoms with Gasteiger partial charge in [-0.3, -0.25) is 4.79 Å². The Bertz CT molecular complexity index is 608. The summed E-state index contributed by atoms with van der Waals surface area (Å²) in [5.74, 6) is -0.310. The number of anilines is 2. The highest BCUT2D eigenvalue weighted by Gasteiger charge is 2.30. The minimum absolute atomic E-state index is 0.0000833. The fourth-order valence-electron chi connectivity index (χ4n) is 2.73. The van der Waals surface area contributed by atoms with Crippen molar-refractivity contribution in [1.29, 1.82) is 0 Å². The topological polar surface area (TPSA) is 58.6 Å². The van der Waals surface area contributed by atoms with Crippen molar-refractivity contribution in [3.8, 4) is 0 Å². The zero-order valence-electron chi connectivity index (χ0n) is 12.5. The molecule has 0 spiro atoms. The monoisotopic (exact) mass is 322 g/mol. The Morgan fingerprint density at radius 3 is 2.55 bits per heavy atom. The van der Waals surface area contributed by atoms with E-state index in [2.05, 4.69) is 10.2 Å². The van der Waals surface area contributed by atoms with Crippen LogP contribution >= 0.6 is 11.6 Å². The maximum atomic E-state index is 12.0. The predicted octanol–water partition coefficient (Wildman–Crippen LogP) is 3.08. The molecule has 22 heavy (non-hydrogen) atoms. The van der Waals surface area contributed by atoms with Crippen LogP contribution in [0.3, 0.4) is 0 Å². The lowest BCUT2D eigenvalue weighted by Crippen LogP contribution is -2.22. The highest BCUT2D eigenvalue weighted by Crippen LogP contribution is 2.36. The molecule has 2 fully saturated rings. The third-order valence-corrected chi connectivity index (χ3v) is 4.46. The Labute approximate surface area is 134 Å². The number of nitrogens with one attached hydrogen (secondary N) is 1. The summed E-state index contributed by atoms with van der Waals surface area (Å²) in [5.41, 5.74) is 1.78. The van der Waals surface area contributed by atoms with Gasteiger partial charge in [0.05, 0.1) is 29.1 Å². The molecule has 1 aliphatic heterocycles. The Morgan fingerprint density at radius 1 is 1.27 bits per heavy atom. The molecule has 1 aliphatic carbocycles. The fraction of sp³-hybridized carbons (Fsp3) is 0.500. The highest BCUT2D eigenvalue weighted by molar-refractivity contribution is 6.34. The first-order valence-corrected chi connectivity index (χ1v) is 7.95. The van der Waals surface area contributed by atoms with Gasteiger partial charge in [0.1, 0.15) is 0 Å². The van der Waals surface area contributed by atoms with Crippen molar-refractivity contribution < 1.29 is 14.3 Å². The van der Waals surface area contributed by atoms with Crippen LogP contribution in [-0.2, 0) is 9.53 Å². The molecule has 1 saturated heterocycles. The van der Waals surface area contributed by atoms with Crippen LogP contribution in [0.2, 0.25) is 5.02 Å². The summed E-state index contributed by atoms with van der Waals surface area (Å²) < 4.78 is 4.85. The lowest BCUT2D eigenvalue weighted by atomic mass is 10.1. The van der Waals surface area contributed by atoms with Gasteiger partial charge in [0.15, 0.2) is 0 Å². The SMILES string of the molecule is COC(=O)c1cc(Cl)c(NC(=O)C2CC2)cc1N1CCCC1. The third-order valence-electron chi connectivity index (χ3n) is 4.14. The second-order valence-corrected chi connectivity index (χ2v) is 6.21. The number of hydrogen-bond donors (Lipinski definition) is 1. The molecule has 1 saturated carbocycles. The summed E-state index contributed by atoms with van der Waals surface area (Å²) in [6.07, 6.45) is 4.05. The van der Waals surface area contributed by atoms with Crippen LogP contribution in [-0.4, -0.2) is 32.1 Å². The molecule has 118 valence electrons. The molecule has 1 heterocycles.